The van der Waals surface area contributed by atoms with Crippen LogP contribution in [0.2, 0.25) is 0 Å². The van der Waals surface area contributed by atoms with E-state index >= 15 is 0 Å². The maximum absolute atomic E-state index is 13.8. The molecule has 0 aromatic heterocycles. The molecule has 0 aliphatic heterocycles. The van der Waals surface area contributed by atoms with Gasteiger partial charge in [-0.1, -0.05) is 42.2 Å². The number of benzene rings is 3. The summed E-state index contributed by atoms with van der Waals surface area (Å²) < 4.78 is 120. The zero-order valence-corrected chi connectivity index (χ0v) is 18.7. The summed E-state index contributed by atoms with van der Waals surface area (Å²) in [5.74, 6) is 4.97. The summed E-state index contributed by atoms with van der Waals surface area (Å²) in [5.41, 5.74) is -2.86. The number of halogens is 9. The minimum absolute atomic E-state index is 0.120. The SMILES string of the molecule is OC(CN(Cc1cccc(C(F)(F)F)c1)c1ccc(C#Cc2ccccc2)c(C(F)(F)F)c1)C(F)(F)F. The van der Waals surface area contributed by atoms with Gasteiger partial charge in [-0.15, -0.1) is 0 Å². The van der Waals surface area contributed by atoms with E-state index in [4.69, 9.17) is 0 Å². The van der Waals surface area contributed by atoms with Gasteiger partial charge < -0.3 is 10.0 Å². The molecule has 0 fully saturated rings. The van der Waals surface area contributed by atoms with Gasteiger partial charge in [0, 0.05) is 23.4 Å². The van der Waals surface area contributed by atoms with Gasteiger partial charge >= 0.3 is 18.5 Å². The number of nitrogens with zero attached hydrogens (tertiary/aromatic N) is 1. The third-order valence-electron chi connectivity index (χ3n) is 5.19. The first kappa shape index (κ1) is 27.9. The third kappa shape index (κ3) is 7.67. The molecular weight excluding hydrogens is 513 g/mol. The summed E-state index contributed by atoms with van der Waals surface area (Å²) in [5, 5.41) is 9.58. The second kappa shape index (κ2) is 10.8. The molecular formula is C26H18F9NO. The van der Waals surface area contributed by atoms with Gasteiger partial charge in [-0.05, 0) is 48.0 Å². The van der Waals surface area contributed by atoms with Crippen molar-refractivity contribution in [3.05, 3.63) is 101 Å². The first-order valence-corrected chi connectivity index (χ1v) is 10.6. The lowest BCUT2D eigenvalue weighted by atomic mass is 10.0. The van der Waals surface area contributed by atoms with E-state index in [9.17, 15) is 44.6 Å². The third-order valence-corrected chi connectivity index (χ3v) is 5.19. The van der Waals surface area contributed by atoms with Crippen LogP contribution in [0.15, 0.2) is 72.8 Å². The van der Waals surface area contributed by atoms with Crippen LogP contribution in [-0.4, -0.2) is 23.9 Å². The maximum Gasteiger partial charge on any atom is 0.417 e. The smallest absolute Gasteiger partial charge is 0.382 e. The van der Waals surface area contributed by atoms with E-state index in [2.05, 4.69) is 11.8 Å². The van der Waals surface area contributed by atoms with Crippen LogP contribution < -0.4 is 4.90 Å². The topological polar surface area (TPSA) is 23.5 Å². The highest BCUT2D eigenvalue weighted by Crippen LogP contribution is 2.36. The molecule has 1 atom stereocenters. The average Bonchev–Trinajstić information content (AvgIpc) is 2.81. The predicted molar refractivity (Wildman–Crippen MR) is 118 cm³/mol. The standard InChI is InChI=1S/C26H18F9NO/c27-24(28,29)20-8-4-7-18(13-20)15-36(16-23(37)26(33,34)35)21-12-11-19(22(14-21)25(30,31)32)10-9-17-5-2-1-3-6-17/h1-8,11-14,23,37H,15-16H2. The number of rotatable bonds is 5. The molecule has 0 aliphatic carbocycles. The molecule has 37 heavy (non-hydrogen) atoms. The number of aliphatic hydroxyl groups excluding tert-OH is 1. The molecule has 3 aromatic carbocycles. The Morgan fingerprint density at radius 2 is 1.41 bits per heavy atom. The predicted octanol–water partition coefficient (Wildman–Crippen LogP) is 7.05. The lowest BCUT2D eigenvalue weighted by molar-refractivity contribution is -0.200. The molecule has 0 aliphatic rings. The molecule has 0 heterocycles. The Morgan fingerprint density at radius 1 is 0.730 bits per heavy atom. The summed E-state index contributed by atoms with van der Waals surface area (Å²) in [6.07, 6.45) is -17.8. The van der Waals surface area contributed by atoms with Gasteiger partial charge in [-0.25, -0.2) is 0 Å². The maximum atomic E-state index is 13.8. The highest BCUT2D eigenvalue weighted by Gasteiger charge is 2.40. The second-order valence-corrected chi connectivity index (χ2v) is 7.98. The first-order valence-electron chi connectivity index (χ1n) is 10.6. The van der Waals surface area contributed by atoms with E-state index in [1.165, 1.54) is 6.07 Å². The van der Waals surface area contributed by atoms with Crippen molar-refractivity contribution >= 4 is 5.69 Å². The van der Waals surface area contributed by atoms with Gasteiger partial charge in [0.1, 0.15) is 0 Å². The summed E-state index contributed by atoms with van der Waals surface area (Å²) in [6, 6.07) is 14.3. The van der Waals surface area contributed by atoms with Gasteiger partial charge in [0.15, 0.2) is 6.10 Å². The van der Waals surface area contributed by atoms with Crippen molar-refractivity contribution in [1.29, 1.82) is 0 Å². The van der Waals surface area contributed by atoms with Crippen molar-refractivity contribution < 1.29 is 44.6 Å². The molecule has 0 bridgehead atoms. The average molecular weight is 531 g/mol. The Labute approximate surface area is 206 Å². The Morgan fingerprint density at radius 3 is 2.00 bits per heavy atom. The number of hydrogen-bond acceptors (Lipinski definition) is 2. The van der Waals surface area contributed by atoms with Crippen molar-refractivity contribution in [3.8, 4) is 11.8 Å². The molecule has 1 unspecified atom stereocenters. The zero-order valence-electron chi connectivity index (χ0n) is 18.7. The van der Waals surface area contributed by atoms with Crippen molar-refractivity contribution in [2.24, 2.45) is 0 Å². The highest BCUT2D eigenvalue weighted by molar-refractivity contribution is 5.57. The van der Waals surface area contributed by atoms with Gasteiger partial charge in [-0.2, -0.15) is 39.5 Å². The van der Waals surface area contributed by atoms with Crippen molar-refractivity contribution in [2.45, 2.75) is 31.2 Å². The monoisotopic (exact) mass is 531 g/mol. The van der Waals surface area contributed by atoms with Crippen LogP contribution >= 0.6 is 0 Å². The van der Waals surface area contributed by atoms with Crippen LogP contribution in [0.3, 0.4) is 0 Å². The quantitative estimate of drug-likeness (QED) is 0.282. The number of anilines is 1. The highest BCUT2D eigenvalue weighted by atomic mass is 19.4. The van der Waals surface area contributed by atoms with Crippen LogP contribution in [0.1, 0.15) is 27.8 Å². The Kier molecular flexibility index (Phi) is 8.12. The van der Waals surface area contributed by atoms with Crippen molar-refractivity contribution in [2.75, 3.05) is 11.4 Å². The van der Waals surface area contributed by atoms with E-state index in [0.717, 1.165) is 29.2 Å². The molecule has 0 amide bonds. The molecule has 0 radical (unpaired) electrons. The van der Waals surface area contributed by atoms with Crippen molar-refractivity contribution in [1.82, 2.24) is 0 Å². The van der Waals surface area contributed by atoms with Crippen LogP contribution in [0.5, 0.6) is 0 Å². The van der Waals surface area contributed by atoms with Gasteiger partial charge in [0.25, 0.3) is 0 Å². The summed E-state index contributed by atoms with van der Waals surface area (Å²) >= 11 is 0. The lowest BCUT2D eigenvalue weighted by Crippen LogP contribution is -2.41. The first-order chi connectivity index (χ1) is 17.1. The minimum Gasteiger partial charge on any atom is -0.382 e. The molecule has 11 heteroatoms. The zero-order chi connectivity index (χ0) is 27.4. The van der Waals surface area contributed by atoms with E-state index < -0.39 is 60.1 Å². The van der Waals surface area contributed by atoms with E-state index in [1.54, 1.807) is 30.3 Å². The molecule has 3 rings (SSSR count). The molecule has 0 saturated carbocycles. The number of hydrogen-bond donors (Lipinski definition) is 1. The van der Waals surface area contributed by atoms with E-state index in [1.807, 2.05) is 0 Å². The van der Waals surface area contributed by atoms with Crippen molar-refractivity contribution in [3.63, 3.8) is 0 Å². The summed E-state index contributed by atoms with van der Waals surface area (Å²) in [6.45, 7) is -1.85. The number of aliphatic hydroxyl groups is 1. The minimum atomic E-state index is -5.11. The van der Waals surface area contributed by atoms with Crippen LogP contribution in [0.4, 0.5) is 45.2 Å². The fourth-order valence-electron chi connectivity index (χ4n) is 3.37. The molecule has 0 saturated heterocycles. The van der Waals surface area contributed by atoms with Crippen LogP contribution in [0, 0.1) is 11.8 Å². The second-order valence-electron chi connectivity index (χ2n) is 7.98. The number of alkyl halides is 9. The molecule has 0 spiro atoms. The molecule has 1 N–H and O–H groups in total. The summed E-state index contributed by atoms with van der Waals surface area (Å²) in [4.78, 5) is 0.733. The fourth-order valence-corrected chi connectivity index (χ4v) is 3.37. The fraction of sp³-hybridized carbons (Fsp3) is 0.231. The van der Waals surface area contributed by atoms with E-state index in [0.29, 0.717) is 17.7 Å². The molecule has 2 nitrogen and oxygen atoms in total. The molecule has 196 valence electrons. The summed E-state index contributed by atoms with van der Waals surface area (Å²) in [7, 11) is 0. The van der Waals surface area contributed by atoms with E-state index in [-0.39, 0.29) is 5.56 Å². The Balaban J connectivity index is 2.05. The Hall–Kier alpha value is -3.65. The van der Waals surface area contributed by atoms with Gasteiger partial charge in [0.05, 0.1) is 17.7 Å². The van der Waals surface area contributed by atoms with Gasteiger partial charge in [-0.3, -0.25) is 0 Å². The van der Waals surface area contributed by atoms with Gasteiger partial charge in [0.2, 0.25) is 0 Å². The normalized spacial score (nSPS) is 13.0. The Bertz CT molecular complexity index is 1270. The molecule has 3 aromatic rings. The lowest BCUT2D eigenvalue weighted by Gasteiger charge is -2.29. The van der Waals surface area contributed by atoms with Crippen LogP contribution in [0.25, 0.3) is 0 Å². The largest absolute Gasteiger partial charge is 0.417 e. The van der Waals surface area contributed by atoms with Crippen LogP contribution in [-0.2, 0) is 18.9 Å².